The van der Waals surface area contributed by atoms with E-state index in [1.54, 1.807) is 0 Å². The van der Waals surface area contributed by atoms with E-state index in [0.29, 0.717) is 5.56 Å². The molecule has 0 nitrogen and oxygen atoms in total. The van der Waals surface area contributed by atoms with E-state index in [2.05, 4.69) is 68.4 Å². The third-order valence-corrected chi connectivity index (χ3v) is 7.56. The molecule has 0 aromatic heterocycles. The van der Waals surface area contributed by atoms with Crippen molar-refractivity contribution in [1.29, 1.82) is 0 Å². The van der Waals surface area contributed by atoms with Crippen LogP contribution in [0.2, 0.25) is 0 Å². The van der Waals surface area contributed by atoms with Gasteiger partial charge in [0.2, 0.25) is 0 Å². The zero-order valence-corrected chi connectivity index (χ0v) is 19.7. The molecule has 0 unspecified atom stereocenters. The van der Waals surface area contributed by atoms with Crippen molar-refractivity contribution in [3.63, 3.8) is 0 Å². The number of hydrogen-bond donors (Lipinski definition) is 0. The maximum Gasteiger partial charge on any atom is 0.0629 e. The number of benzene rings is 6. The minimum absolute atomic E-state index is 0.138. The monoisotopic (exact) mass is 451 g/mol. The van der Waals surface area contributed by atoms with Crippen LogP contribution in [0.3, 0.4) is 0 Å². The Morgan fingerprint density at radius 1 is 0.486 bits per heavy atom. The molecule has 0 spiro atoms. The molecule has 0 N–H and O–H groups in total. The average molecular weight is 452 g/mol. The second-order valence-corrected chi connectivity index (χ2v) is 9.74. The van der Waals surface area contributed by atoms with E-state index in [-0.39, 0.29) is 41.2 Å². The largest absolute Gasteiger partial charge is 0.0629 e. The zero-order valence-electron chi connectivity index (χ0n) is 24.7. The summed E-state index contributed by atoms with van der Waals surface area (Å²) in [5.74, 6) is 0. The van der Waals surface area contributed by atoms with Gasteiger partial charge in [-0.05, 0) is 66.1 Å². The molecule has 6 aromatic carbocycles. The van der Waals surface area contributed by atoms with Crippen LogP contribution >= 0.6 is 0 Å². The van der Waals surface area contributed by atoms with E-state index in [9.17, 15) is 0 Å². The molecular weight excluding hydrogens is 420 g/mol. The van der Waals surface area contributed by atoms with Crippen molar-refractivity contribution >= 4 is 21.5 Å². The van der Waals surface area contributed by atoms with Crippen molar-refractivity contribution in [1.82, 2.24) is 0 Å². The molecule has 7 rings (SSSR count). The minimum atomic E-state index is -0.384. The lowest BCUT2D eigenvalue weighted by Gasteiger charge is -2.22. The quantitative estimate of drug-likeness (QED) is 0.230. The summed E-state index contributed by atoms with van der Waals surface area (Å²) in [5, 5.41) is 3.69. The van der Waals surface area contributed by atoms with Gasteiger partial charge in [0, 0.05) is 5.41 Å². The van der Waals surface area contributed by atoms with Crippen LogP contribution in [0.5, 0.6) is 0 Å². The summed E-state index contributed by atoms with van der Waals surface area (Å²) in [6, 6.07) is 29.9. The van der Waals surface area contributed by atoms with Gasteiger partial charge in [0.1, 0.15) is 0 Å². The summed E-state index contributed by atoms with van der Waals surface area (Å²) >= 11 is 0. The molecule has 0 heteroatoms. The van der Waals surface area contributed by atoms with Gasteiger partial charge in [0.05, 0.1) is 6.85 Å². The number of hydrogen-bond acceptors (Lipinski definition) is 0. The molecule has 6 aromatic rings. The van der Waals surface area contributed by atoms with Crippen LogP contribution in [0.1, 0.15) is 31.8 Å². The van der Waals surface area contributed by atoms with E-state index >= 15 is 0 Å². The predicted molar refractivity (Wildman–Crippen MR) is 150 cm³/mol. The summed E-state index contributed by atoms with van der Waals surface area (Å²) in [6.07, 6.45) is 0. The van der Waals surface area contributed by atoms with Crippen LogP contribution in [0.25, 0.3) is 54.9 Å². The van der Waals surface area contributed by atoms with E-state index in [0.717, 1.165) is 32.7 Å². The minimum Gasteiger partial charge on any atom is -0.0622 e. The molecule has 35 heavy (non-hydrogen) atoms. The number of rotatable bonds is 2. The van der Waals surface area contributed by atoms with Gasteiger partial charge >= 0.3 is 0 Å². The first-order valence-corrected chi connectivity index (χ1v) is 12.0. The van der Waals surface area contributed by atoms with Gasteiger partial charge in [0.25, 0.3) is 0 Å². The van der Waals surface area contributed by atoms with E-state index in [1.807, 2.05) is 36.4 Å². The Kier molecular flexibility index (Phi) is 3.33. The molecule has 0 amide bonds. The third-order valence-electron chi connectivity index (χ3n) is 7.56. The Morgan fingerprint density at radius 3 is 1.66 bits per heavy atom. The molecule has 0 fully saturated rings. The van der Waals surface area contributed by atoms with Crippen molar-refractivity contribution in [3.8, 4) is 33.4 Å². The molecule has 0 atom stereocenters. The number of fused-ring (bicyclic) bond motifs is 5. The molecule has 0 radical (unpaired) electrons. The van der Waals surface area contributed by atoms with E-state index < -0.39 is 0 Å². The zero-order chi connectivity index (χ0) is 27.9. The van der Waals surface area contributed by atoms with Gasteiger partial charge in [-0.25, -0.2) is 0 Å². The highest BCUT2D eigenvalue weighted by atomic mass is 14.4. The highest BCUT2D eigenvalue weighted by molar-refractivity contribution is 6.22. The highest BCUT2D eigenvalue weighted by Gasteiger charge is 2.37. The maximum atomic E-state index is 8.79. The van der Waals surface area contributed by atoms with Crippen LogP contribution in [0.15, 0.2) is 121 Å². The Balaban J connectivity index is 1.68. The van der Waals surface area contributed by atoms with Crippen LogP contribution < -0.4 is 0 Å². The summed E-state index contributed by atoms with van der Waals surface area (Å²) in [6.45, 7) is 4.55. The second-order valence-electron chi connectivity index (χ2n) is 9.74. The van der Waals surface area contributed by atoms with Gasteiger partial charge in [-0.3, -0.25) is 0 Å². The fourth-order valence-corrected chi connectivity index (χ4v) is 6.03. The van der Waals surface area contributed by atoms with Gasteiger partial charge in [-0.1, -0.05) is 135 Å². The molecule has 0 saturated carbocycles. The second kappa shape index (κ2) is 7.42. The SMILES string of the molecule is [2H]c1c([2H])c([2H])c(-c2c3ccccc3c(-c3cccc4c3-c3ccccc3C4(C)C)c3ccccc23)c([2H])c1[2H]. The first-order chi connectivity index (χ1) is 19.2. The molecular formula is C35H26. The fourth-order valence-electron chi connectivity index (χ4n) is 6.03. The molecule has 1 aliphatic carbocycles. The van der Waals surface area contributed by atoms with Crippen LogP contribution in [-0.2, 0) is 5.41 Å². The first kappa shape index (κ1) is 15.7. The topological polar surface area (TPSA) is 0 Å². The molecule has 0 bridgehead atoms. The summed E-state index contributed by atoms with van der Waals surface area (Å²) in [5.41, 5.74) is 8.05. The molecule has 0 heterocycles. The van der Waals surface area contributed by atoms with Gasteiger partial charge in [-0.15, -0.1) is 0 Å². The van der Waals surface area contributed by atoms with Crippen molar-refractivity contribution in [2.24, 2.45) is 0 Å². The Labute approximate surface area is 213 Å². The van der Waals surface area contributed by atoms with Crippen LogP contribution in [0.4, 0.5) is 0 Å². The normalized spacial score (nSPS) is 15.7. The molecule has 0 saturated heterocycles. The lowest BCUT2D eigenvalue weighted by Crippen LogP contribution is -2.14. The standard InChI is InChI=1S/C35H26/c1-35(2)30-21-11-10-19-28(30)34-29(20-12-22-31(34)35)33-26-17-8-6-15-24(26)32(23-13-4-3-5-14-23)25-16-7-9-18-27(25)33/h3-22H,1-2H3/i3D,4D,5D,13D,14D. The van der Waals surface area contributed by atoms with Crippen molar-refractivity contribution in [2.75, 3.05) is 0 Å². The average Bonchev–Trinajstić information content (AvgIpc) is 3.21. The summed E-state index contributed by atoms with van der Waals surface area (Å²) in [7, 11) is 0. The first-order valence-electron chi connectivity index (χ1n) is 14.5. The molecule has 166 valence electrons. The van der Waals surface area contributed by atoms with Crippen LogP contribution in [-0.4, -0.2) is 0 Å². The summed E-state index contributed by atoms with van der Waals surface area (Å²) in [4.78, 5) is 0. The Bertz CT molecular complexity index is 1950. The van der Waals surface area contributed by atoms with Crippen LogP contribution in [0, 0.1) is 0 Å². The van der Waals surface area contributed by atoms with Gasteiger partial charge in [0.15, 0.2) is 0 Å². The maximum absolute atomic E-state index is 8.79. The van der Waals surface area contributed by atoms with Crippen molar-refractivity contribution in [2.45, 2.75) is 19.3 Å². The molecule has 0 aliphatic heterocycles. The predicted octanol–water partition coefficient (Wildman–Crippen LogP) is 9.63. The highest BCUT2D eigenvalue weighted by Crippen LogP contribution is 2.54. The Morgan fingerprint density at radius 2 is 1.00 bits per heavy atom. The Hall–Kier alpha value is -4.16. The van der Waals surface area contributed by atoms with E-state index in [1.165, 1.54) is 22.3 Å². The van der Waals surface area contributed by atoms with Gasteiger partial charge in [-0.2, -0.15) is 0 Å². The van der Waals surface area contributed by atoms with Crippen molar-refractivity contribution in [3.05, 3.63) is 132 Å². The van der Waals surface area contributed by atoms with Gasteiger partial charge < -0.3 is 0 Å². The lowest BCUT2D eigenvalue weighted by molar-refractivity contribution is 0.660. The summed E-state index contributed by atoms with van der Waals surface area (Å²) < 4.78 is 42.4. The smallest absolute Gasteiger partial charge is 0.0622 e. The van der Waals surface area contributed by atoms with Crippen molar-refractivity contribution < 1.29 is 6.85 Å². The third kappa shape index (κ3) is 2.80. The van der Waals surface area contributed by atoms with E-state index in [4.69, 9.17) is 6.85 Å². The lowest BCUT2D eigenvalue weighted by atomic mass is 9.81. The fraction of sp³-hybridized carbons (Fsp3) is 0.0857. The molecule has 1 aliphatic rings.